The highest BCUT2D eigenvalue weighted by Gasteiger charge is 2.04. The number of terminal acetylenes is 1. The molecule has 0 aromatic heterocycles. The summed E-state index contributed by atoms with van der Waals surface area (Å²) in [5, 5.41) is 2.64. The maximum Gasteiger partial charge on any atom is 0.252 e. The molecule has 0 saturated heterocycles. The van der Waals surface area contributed by atoms with Crippen molar-refractivity contribution in [2.75, 3.05) is 6.54 Å². The largest absolute Gasteiger partial charge is 0.341 e. The van der Waals surface area contributed by atoms with Gasteiger partial charge in [-0.2, -0.15) is 0 Å². The lowest BCUT2D eigenvalue weighted by Gasteiger charge is -2.04. The van der Waals surface area contributed by atoms with Crippen LogP contribution < -0.4 is 5.32 Å². The zero-order valence-corrected chi connectivity index (χ0v) is 10.6. The third-order valence-electron chi connectivity index (χ3n) is 2.82. The molecule has 1 amide bonds. The van der Waals surface area contributed by atoms with Gasteiger partial charge in [0.15, 0.2) is 0 Å². The van der Waals surface area contributed by atoms with Crippen molar-refractivity contribution >= 4 is 5.91 Å². The zero-order chi connectivity index (χ0) is 13.5. The molecule has 1 N–H and O–H groups in total. The molecular formula is C17H15NO. The smallest absolute Gasteiger partial charge is 0.252 e. The summed E-state index contributed by atoms with van der Waals surface area (Å²) in [6, 6.07) is 17.8. The summed E-state index contributed by atoms with van der Waals surface area (Å²) in [6.45, 7) is 0.255. The van der Waals surface area contributed by atoms with Gasteiger partial charge in [-0.25, -0.2) is 0 Å². The molecule has 2 nitrogen and oxygen atoms in total. The average molecular weight is 249 g/mol. The van der Waals surface area contributed by atoms with Crippen LogP contribution in [-0.2, 0) is 6.42 Å². The number of hydrogen-bond acceptors (Lipinski definition) is 1. The number of benzene rings is 2. The Balaban J connectivity index is 2.03. The second-order valence-electron chi connectivity index (χ2n) is 4.25. The van der Waals surface area contributed by atoms with E-state index in [0.29, 0.717) is 5.56 Å². The Bertz CT molecular complexity index is 579. The number of carbonyl (C=O) groups excluding carboxylic acids is 1. The van der Waals surface area contributed by atoms with Crippen LogP contribution in [0.15, 0.2) is 54.6 Å². The maximum atomic E-state index is 11.7. The van der Waals surface area contributed by atoms with E-state index in [-0.39, 0.29) is 12.5 Å². The molecule has 0 bridgehead atoms. The second-order valence-corrected chi connectivity index (χ2v) is 4.25. The van der Waals surface area contributed by atoms with E-state index in [1.807, 2.05) is 42.5 Å². The first kappa shape index (κ1) is 12.9. The second kappa shape index (κ2) is 6.42. The number of hydrogen-bond donors (Lipinski definition) is 1. The Labute approximate surface area is 113 Å². The molecule has 0 spiro atoms. The minimum atomic E-state index is -0.135. The SMILES string of the molecule is C#CCNC(=O)c1ccc(Cc2ccccc2)cc1. The predicted octanol–water partition coefficient (Wildman–Crippen LogP) is 2.64. The van der Waals surface area contributed by atoms with E-state index in [0.717, 1.165) is 6.42 Å². The van der Waals surface area contributed by atoms with Gasteiger partial charge in [-0.15, -0.1) is 6.42 Å². The number of amides is 1. The number of nitrogens with one attached hydrogen (secondary N) is 1. The fraction of sp³-hybridized carbons (Fsp3) is 0.118. The van der Waals surface area contributed by atoms with Gasteiger partial charge in [0.1, 0.15) is 0 Å². The molecule has 2 heteroatoms. The first-order chi connectivity index (χ1) is 9.29. The molecule has 2 aromatic carbocycles. The van der Waals surface area contributed by atoms with Crippen LogP contribution >= 0.6 is 0 Å². The van der Waals surface area contributed by atoms with Crippen molar-refractivity contribution in [3.8, 4) is 12.3 Å². The maximum absolute atomic E-state index is 11.7. The van der Waals surface area contributed by atoms with Crippen molar-refractivity contribution in [3.63, 3.8) is 0 Å². The van der Waals surface area contributed by atoms with Gasteiger partial charge in [0, 0.05) is 5.56 Å². The van der Waals surface area contributed by atoms with Crippen molar-refractivity contribution in [1.82, 2.24) is 5.32 Å². The lowest BCUT2D eigenvalue weighted by molar-refractivity contribution is 0.0958. The van der Waals surface area contributed by atoms with Crippen molar-refractivity contribution in [2.24, 2.45) is 0 Å². The Morgan fingerprint density at radius 3 is 2.26 bits per heavy atom. The zero-order valence-electron chi connectivity index (χ0n) is 10.6. The van der Waals surface area contributed by atoms with Gasteiger partial charge < -0.3 is 5.32 Å². The fourth-order valence-corrected chi connectivity index (χ4v) is 1.84. The van der Waals surface area contributed by atoms with Crippen molar-refractivity contribution in [3.05, 3.63) is 71.3 Å². The molecule has 0 fully saturated rings. The third kappa shape index (κ3) is 3.72. The van der Waals surface area contributed by atoms with Crippen LogP contribution in [0.25, 0.3) is 0 Å². The van der Waals surface area contributed by atoms with Gasteiger partial charge in [-0.05, 0) is 29.7 Å². The molecule has 0 unspecified atom stereocenters. The van der Waals surface area contributed by atoms with Gasteiger partial charge >= 0.3 is 0 Å². The van der Waals surface area contributed by atoms with Crippen LogP contribution in [0.2, 0.25) is 0 Å². The van der Waals surface area contributed by atoms with Crippen LogP contribution in [0.3, 0.4) is 0 Å². The highest BCUT2D eigenvalue weighted by molar-refractivity contribution is 5.94. The molecule has 94 valence electrons. The van der Waals surface area contributed by atoms with Gasteiger partial charge in [0.2, 0.25) is 0 Å². The summed E-state index contributed by atoms with van der Waals surface area (Å²) >= 11 is 0. The van der Waals surface area contributed by atoms with E-state index in [1.165, 1.54) is 11.1 Å². The molecule has 0 atom stereocenters. The molecule has 2 rings (SSSR count). The van der Waals surface area contributed by atoms with E-state index in [2.05, 4.69) is 23.4 Å². The molecule has 0 aliphatic heterocycles. The minimum absolute atomic E-state index is 0.135. The third-order valence-corrected chi connectivity index (χ3v) is 2.82. The van der Waals surface area contributed by atoms with Crippen LogP contribution in [0, 0.1) is 12.3 Å². The fourth-order valence-electron chi connectivity index (χ4n) is 1.84. The topological polar surface area (TPSA) is 29.1 Å². The van der Waals surface area contributed by atoms with E-state index >= 15 is 0 Å². The highest BCUT2D eigenvalue weighted by atomic mass is 16.1. The average Bonchev–Trinajstić information content (AvgIpc) is 2.46. The Morgan fingerprint density at radius 2 is 1.63 bits per heavy atom. The monoisotopic (exact) mass is 249 g/mol. The van der Waals surface area contributed by atoms with Gasteiger partial charge in [-0.1, -0.05) is 48.4 Å². The summed E-state index contributed by atoms with van der Waals surface area (Å²) < 4.78 is 0. The van der Waals surface area contributed by atoms with Gasteiger partial charge in [0.25, 0.3) is 5.91 Å². The molecule has 0 aliphatic carbocycles. The van der Waals surface area contributed by atoms with Gasteiger partial charge in [-0.3, -0.25) is 4.79 Å². The van der Waals surface area contributed by atoms with E-state index in [4.69, 9.17) is 6.42 Å². The van der Waals surface area contributed by atoms with E-state index in [1.54, 1.807) is 0 Å². The Morgan fingerprint density at radius 1 is 1.00 bits per heavy atom. The quantitative estimate of drug-likeness (QED) is 0.829. The van der Waals surface area contributed by atoms with Gasteiger partial charge in [0.05, 0.1) is 6.54 Å². The van der Waals surface area contributed by atoms with Crippen molar-refractivity contribution in [2.45, 2.75) is 6.42 Å². The summed E-state index contributed by atoms with van der Waals surface area (Å²) in [5.74, 6) is 2.25. The lowest BCUT2D eigenvalue weighted by atomic mass is 10.0. The molecule has 0 saturated carbocycles. The Hall–Kier alpha value is -2.53. The summed E-state index contributed by atoms with van der Waals surface area (Å²) in [5.41, 5.74) is 3.07. The molecule has 0 aliphatic rings. The van der Waals surface area contributed by atoms with Crippen molar-refractivity contribution in [1.29, 1.82) is 0 Å². The summed E-state index contributed by atoms with van der Waals surface area (Å²) in [7, 11) is 0. The van der Waals surface area contributed by atoms with Crippen molar-refractivity contribution < 1.29 is 4.79 Å². The molecule has 0 radical (unpaired) electrons. The van der Waals surface area contributed by atoms with Crippen LogP contribution in [0.1, 0.15) is 21.5 Å². The first-order valence-electron chi connectivity index (χ1n) is 6.14. The minimum Gasteiger partial charge on any atom is -0.341 e. The molecule has 2 aromatic rings. The highest BCUT2D eigenvalue weighted by Crippen LogP contribution is 2.10. The normalized spacial score (nSPS) is 9.63. The number of rotatable bonds is 4. The predicted molar refractivity (Wildman–Crippen MR) is 76.9 cm³/mol. The summed E-state index contributed by atoms with van der Waals surface area (Å²) in [6.07, 6.45) is 5.97. The van der Waals surface area contributed by atoms with E-state index in [9.17, 15) is 4.79 Å². The summed E-state index contributed by atoms with van der Waals surface area (Å²) in [4.78, 5) is 11.7. The lowest BCUT2D eigenvalue weighted by Crippen LogP contribution is -2.23. The molecular weight excluding hydrogens is 234 g/mol. The van der Waals surface area contributed by atoms with Crippen LogP contribution in [0.5, 0.6) is 0 Å². The Kier molecular flexibility index (Phi) is 4.36. The molecule has 0 heterocycles. The standard InChI is InChI=1S/C17H15NO/c1-2-12-18-17(19)16-10-8-15(9-11-16)13-14-6-4-3-5-7-14/h1,3-11H,12-13H2,(H,18,19). The van der Waals surface area contributed by atoms with E-state index < -0.39 is 0 Å². The molecule has 19 heavy (non-hydrogen) atoms. The first-order valence-corrected chi connectivity index (χ1v) is 6.14. The number of carbonyl (C=O) groups is 1. The van der Waals surface area contributed by atoms with Crippen LogP contribution in [0.4, 0.5) is 0 Å². The van der Waals surface area contributed by atoms with Crippen LogP contribution in [-0.4, -0.2) is 12.5 Å².